The summed E-state index contributed by atoms with van der Waals surface area (Å²) < 4.78 is 0. The first-order valence-corrected chi connectivity index (χ1v) is 7.08. The zero-order valence-electron chi connectivity index (χ0n) is 12.6. The molecule has 0 aliphatic rings. The number of nitrogens with two attached hydrogens (primary N) is 1. The Morgan fingerprint density at radius 3 is 2.59 bits per heavy atom. The van der Waals surface area contributed by atoms with Crippen LogP contribution in [0.4, 0.5) is 11.4 Å². The van der Waals surface area contributed by atoms with Crippen LogP contribution in [0.3, 0.4) is 0 Å². The van der Waals surface area contributed by atoms with Gasteiger partial charge in [0.15, 0.2) is 0 Å². The van der Waals surface area contributed by atoms with E-state index in [1.807, 2.05) is 62.4 Å². The van der Waals surface area contributed by atoms with E-state index in [9.17, 15) is 4.79 Å². The molecule has 0 aliphatic heterocycles. The van der Waals surface area contributed by atoms with Crippen molar-refractivity contribution in [3.8, 4) is 0 Å². The number of benzene rings is 2. The fraction of sp³-hybridized carbons (Fsp3) is 0.111. The second kappa shape index (κ2) is 5.48. The number of hydrogen-bond donors (Lipinski definition) is 2. The van der Waals surface area contributed by atoms with Crippen LogP contribution in [-0.4, -0.2) is 10.9 Å². The molecule has 0 unspecified atom stereocenters. The number of aromatic nitrogens is 1. The van der Waals surface area contributed by atoms with Crippen molar-refractivity contribution in [2.45, 2.75) is 13.8 Å². The van der Waals surface area contributed by atoms with E-state index in [1.54, 1.807) is 0 Å². The highest BCUT2D eigenvalue weighted by Gasteiger charge is 2.14. The minimum absolute atomic E-state index is 0.232. The summed E-state index contributed by atoms with van der Waals surface area (Å²) in [6, 6.07) is 15.1. The number of nitrogen functional groups attached to an aromatic ring is 1. The largest absolute Gasteiger partial charge is 0.398 e. The number of hydrogen-bond acceptors (Lipinski definition) is 3. The van der Waals surface area contributed by atoms with Gasteiger partial charge in [-0.25, -0.2) is 4.98 Å². The van der Waals surface area contributed by atoms with Gasteiger partial charge in [-0.2, -0.15) is 0 Å². The molecule has 22 heavy (non-hydrogen) atoms. The fourth-order valence-corrected chi connectivity index (χ4v) is 2.51. The first-order valence-electron chi connectivity index (χ1n) is 7.08. The van der Waals surface area contributed by atoms with Gasteiger partial charge in [0, 0.05) is 27.8 Å². The number of carbonyl (C=O) groups is 1. The molecule has 1 heterocycles. The Morgan fingerprint density at radius 2 is 1.82 bits per heavy atom. The van der Waals surface area contributed by atoms with E-state index < -0.39 is 0 Å². The Balaban J connectivity index is 2.06. The Morgan fingerprint density at radius 1 is 1.05 bits per heavy atom. The second-order valence-corrected chi connectivity index (χ2v) is 5.38. The standard InChI is InChI=1S/C18H17N3O/c1-11-5-3-6-13(9-11)21-18(22)17-14-7-4-8-16(19)15(14)10-12(2)20-17/h3-10H,19H2,1-2H3,(H,21,22). The third kappa shape index (κ3) is 2.63. The van der Waals surface area contributed by atoms with Crippen LogP contribution in [0.1, 0.15) is 21.7 Å². The molecule has 0 radical (unpaired) electrons. The Labute approximate surface area is 129 Å². The molecule has 2 aromatic carbocycles. The van der Waals surface area contributed by atoms with Gasteiger partial charge >= 0.3 is 0 Å². The van der Waals surface area contributed by atoms with Gasteiger partial charge < -0.3 is 11.1 Å². The normalized spacial score (nSPS) is 10.6. The molecule has 0 saturated carbocycles. The summed E-state index contributed by atoms with van der Waals surface area (Å²) in [5.74, 6) is -0.232. The Bertz CT molecular complexity index is 871. The average molecular weight is 291 g/mol. The van der Waals surface area contributed by atoms with E-state index in [1.165, 1.54) is 0 Å². The predicted molar refractivity (Wildman–Crippen MR) is 90.0 cm³/mol. The summed E-state index contributed by atoms with van der Waals surface area (Å²) in [4.78, 5) is 17.0. The molecule has 3 N–H and O–H groups in total. The van der Waals surface area contributed by atoms with Crippen molar-refractivity contribution in [1.29, 1.82) is 0 Å². The van der Waals surface area contributed by atoms with Crippen LogP contribution in [0.15, 0.2) is 48.5 Å². The van der Waals surface area contributed by atoms with Gasteiger partial charge in [-0.05, 0) is 43.7 Å². The number of nitrogens with one attached hydrogen (secondary N) is 1. The minimum Gasteiger partial charge on any atom is -0.398 e. The van der Waals surface area contributed by atoms with Crippen LogP contribution in [0, 0.1) is 13.8 Å². The number of amides is 1. The van der Waals surface area contributed by atoms with Crippen LogP contribution in [0.25, 0.3) is 10.8 Å². The van der Waals surface area contributed by atoms with Crippen molar-refractivity contribution in [2.24, 2.45) is 0 Å². The van der Waals surface area contributed by atoms with Gasteiger partial charge in [-0.3, -0.25) is 4.79 Å². The molecule has 0 aliphatic carbocycles. The summed E-state index contributed by atoms with van der Waals surface area (Å²) in [6.07, 6.45) is 0. The molecule has 0 saturated heterocycles. The number of nitrogens with zero attached hydrogens (tertiary/aromatic N) is 1. The zero-order valence-corrected chi connectivity index (χ0v) is 12.6. The highest BCUT2D eigenvalue weighted by molar-refractivity contribution is 6.13. The van der Waals surface area contributed by atoms with Gasteiger partial charge in [-0.15, -0.1) is 0 Å². The van der Waals surface area contributed by atoms with E-state index in [0.29, 0.717) is 11.4 Å². The van der Waals surface area contributed by atoms with Crippen molar-refractivity contribution in [2.75, 3.05) is 11.1 Å². The van der Waals surface area contributed by atoms with Gasteiger partial charge in [0.05, 0.1) is 0 Å². The zero-order chi connectivity index (χ0) is 15.7. The third-order valence-electron chi connectivity index (χ3n) is 3.53. The van der Waals surface area contributed by atoms with Gasteiger partial charge in [0.1, 0.15) is 5.69 Å². The Hall–Kier alpha value is -2.88. The van der Waals surface area contributed by atoms with Crippen molar-refractivity contribution in [3.63, 3.8) is 0 Å². The van der Waals surface area contributed by atoms with Crippen molar-refractivity contribution in [1.82, 2.24) is 4.98 Å². The summed E-state index contributed by atoms with van der Waals surface area (Å²) >= 11 is 0. The average Bonchev–Trinajstić information content (AvgIpc) is 2.47. The SMILES string of the molecule is Cc1cccc(NC(=O)c2nc(C)cc3c(N)cccc23)c1. The maximum Gasteiger partial charge on any atom is 0.274 e. The summed E-state index contributed by atoms with van der Waals surface area (Å²) in [5, 5.41) is 4.51. The smallest absolute Gasteiger partial charge is 0.274 e. The maximum atomic E-state index is 12.6. The molecule has 110 valence electrons. The van der Waals surface area contributed by atoms with E-state index >= 15 is 0 Å². The van der Waals surface area contributed by atoms with E-state index in [-0.39, 0.29) is 5.91 Å². The molecule has 0 fully saturated rings. The van der Waals surface area contributed by atoms with Crippen molar-refractivity contribution >= 4 is 28.1 Å². The van der Waals surface area contributed by atoms with Crippen LogP contribution < -0.4 is 11.1 Å². The van der Waals surface area contributed by atoms with Crippen LogP contribution >= 0.6 is 0 Å². The molecular weight excluding hydrogens is 274 g/mol. The third-order valence-corrected chi connectivity index (χ3v) is 3.53. The number of fused-ring (bicyclic) bond motifs is 1. The minimum atomic E-state index is -0.232. The topological polar surface area (TPSA) is 68.0 Å². The molecule has 1 aromatic heterocycles. The molecule has 4 heteroatoms. The predicted octanol–water partition coefficient (Wildman–Crippen LogP) is 3.69. The number of anilines is 2. The molecular formula is C18H17N3O. The lowest BCUT2D eigenvalue weighted by molar-refractivity contribution is 0.102. The quantitative estimate of drug-likeness (QED) is 0.708. The number of carbonyl (C=O) groups excluding carboxylic acids is 1. The molecule has 0 bridgehead atoms. The molecule has 3 aromatic rings. The van der Waals surface area contributed by atoms with Crippen molar-refractivity contribution < 1.29 is 4.79 Å². The van der Waals surface area contributed by atoms with Gasteiger partial charge in [-0.1, -0.05) is 24.3 Å². The van der Waals surface area contributed by atoms with E-state index in [4.69, 9.17) is 5.73 Å². The fourth-order valence-electron chi connectivity index (χ4n) is 2.51. The van der Waals surface area contributed by atoms with Crippen LogP contribution in [-0.2, 0) is 0 Å². The lowest BCUT2D eigenvalue weighted by atomic mass is 10.1. The number of rotatable bonds is 2. The molecule has 1 amide bonds. The molecule has 3 rings (SSSR count). The highest BCUT2D eigenvalue weighted by atomic mass is 16.1. The van der Waals surface area contributed by atoms with Crippen LogP contribution in [0.2, 0.25) is 0 Å². The summed E-state index contributed by atoms with van der Waals surface area (Å²) in [6.45, 7) is 3.84. The van der Waals surface area contributed by atoms with Crippen LogP contribution in [0.5, 0.6) is 0 Å². The van der Waals surface area contributed by atoms with Gasteiger partial charge in [0.25, 0.3) is 5.91 Å². The highest BCUT2D eigenvalue weighted by Crippen LogP contribution is 2.24. The Kier molecular flexibility index (Phi) is 3.51. The second-order valence-electron chi connectivity index (χ2n) is 5.38. The summed E-state index contributed by atoms with van der Waals surface area (Å²) in [7, 11) is 0. The van der Waals surface area contributed by atoms with E-state index in [2.05, 4.69) is 10.3 Å². The molecule has 0 atom stereocenters. The molecule has 4 nitrogen and oxygen atoms in total. The van der Waals surface area contributed by atoms with Crippen molar-refractivity contribution in [3.05, 3.63) is 65.5 Å². The van der Waals surface area contributed by atoms with Gasteiger partial charge in [0.2, 0.25) is 0 Å². The lowest BCUT2D eigenvalue weighted by Gasteiger charge is -2.10. The number of aryl methyl sites for hydroxylation is 2. The number of pyridine rings is 1. The molecule has 0 spiro atoms. The lowest BCUT2D eigenvalue weighted by Crippen LogP contribution is -2.15. The summed E-state index contributed by atoms with van der Waals surface area (Å²) in [5.41, 5.74) is 9.65. The maximum absolute atomic E-state index is 12.6. The monoisotopic (exact) mass is 291 g/mol. The first kappa shape index (κ1) is 14.1. The van der Waals surface area contributed by atoms with E-state index in [0.717, 1.165) is 27.7 Å². The first-order chi connectivity index (χ1) is 10.5.